The number of nitrogens with two attached hydrogens (primary N) is 1. The van der Waals surface area contributed by atoms with Crippen molar-refractivity contribution in [3.63, 3.8) is 0 Å². The van der Waals surface area contributed by atoms with Crippen LogP contribution in [0.1, 0.15) is 62.8 Å². The number of nitrogens with one attached hydrogen (secondary N) is 1. The van der Waals surface area contributed by atoms with Gasteiger partial charge >= 0.3 is 0 Å². The molecular weight excluding hydrogens is 466 g/mol. The van der Waals surface area contributed by atoms with Gasteiger partial charge in [-0.2, -0.15) is 0 Å². The fourth-order valence-electron chi connectivity index (χ4n) is 5.49. The third-order valence-corrected chi connectivity index (χ3v) is 7.36. The Morgan fingerprint density at radius 2 is 1.61 bits per heavy atom. The van der Waals surface area contributed by atoms with Crippen LogP contribution in [0.4, 0.5) is 0 Å². The maximum atomic E-state index is 14.2. The molecule has 0 bridgehead atoms. The van der Waals surface area contributed by atoms with Gasteiger partial charge in [-0.1, -0.05) is 19.3 Å². The molecule has 1 aromatic carbocycles. The third kappa shape index (κ3) is 6.03. The van der Waals surface area contributed by atoms with Crippen LogP contribution < -0.4 is 25.3 Å². The Balaban J connectivity index is 1.99. The highest BCUT2D eigenvalue weighted by molar-refractivity contribution is 5.93. The number of carbonyl (C=O) groups excluding carboxylic acids is 3. The predicted octanol–water partition coefficient (Wildman–Crippen LogP) is 1.72. The number of hydrogen-bond acceptors (Lipinski definition) is 7. The number of primary amides is 1. The molecule has 3 amide bonds. The first-order valence-electron chi connectivity index (χ1n) is 12.7. The minimum Gasteiger partial charge on any atom is -0.493 e. The lowest BCUT2D eigenvalue weighted by Gasteiger charge is -2.40. The molecule has 2 aliphatic rings. The average Bonchev–Trinajstić information content (AvgIpc) is 2.91. The number of methoxy groups -OCH3 is 3. The van der Waals surface area contributed by atoms with E-state index in [1.54, 1.807) is 19.1 Å². The molecule has 1 aliphatic heterocycles. The van der Waals surface area contributed by atoms with Gasteiger partial charge in [-0.15, -0.1) is 0 Å². The fraction of sp³-hybridized carbons (Fsp3) is 0.654. The second-order valence-electron chi connectivity index (χ2n) is 9.52. The van der Waals surface area contributed by atoms with Gasteiger partial charge in [-0.05, 0) is 55.7 Å². The van der Waals surface area contributed by atoms with Crippen LogP contribution in [0.25, 0.3) is 0 Å². The molecule has 0 aromatic heterocycles. The molecule has 4 N–H and O–H groups in total. The summed E-state index contributed by atoms with van der Waals surface area (Å²) in [4.78, 5) is 40.6. The summed E-state index contributed by atoms with van der Waals surface area (Å²) >= 11 is 0. The molecule has 0 radical (unpaired) electrons. The van der Waals surface area contributed by atoms with E-state index in [4.69, 9.17) is 19.9 Å². The van der Waals surface area contributed by atoms with E-state index in [2.05, 4.69) is 5.32 Å². The quantitative estimate of drug-likeness (QED) is 0.440. The van der Waals surface area contributed by atoms with E-state index in [1.165, 1.54) is 7.11 Å². The monoisotopic (exact) mass is 505 g/mol. The number of rotatable bonds is 10. The lowest BCUT2D eigenvalue weighted by molar-refractivity contribution is -0.145. The van der Waals surface area contributed by atoms with Gasteiger partial charge in [0.15, 0.2) is 11.5 Å². The highest BCUT2D eigenvalue weighted by atomic mass is 16.5. The molecule has 2 unspecified atom stereocenters. The Kier molecular flexibility index (Phi) is 9.81. The van der Waals surface area contributed by atoms with Crippen LogP contribution in [-0.2, 0) is 14.4 Å². The van der Waals surface area contributed by atoms with Crippen LogP contribution in [0.3, 0.4) is 0 Å². The van der Waals surface area contributed by atoms with E-state index >= 15 is 0 Å². The number of benzene rings is 1. The topological polar surface area (TPSA) is 140 Å². The molecule has 3 rings (SSSR count). The number of carbonyl (C=O) groups is 3. The van der Waals surface area contributed by atoms with Crippen molar-refractivity contribution in [2.24, 2.45) is 11.7 Å². The predicted molar refractivity (Wildman–Crippen MR) is 133 cm³/mol. The number of aliphatic hydroxyl groups is 1. The smallest absolute Gasteiger partial charge is 0.243 e. The van der Waals surface area contributed by atoms with Crippen molar-refractivity contribution in [1.82, 2.24) is 10.2 Å². The first-order valence-corrected chi connectivity index (χ1v) is 12.7. The minimum absolute atomic E-state index is 0.107. The summed E-state index contributed by atoms with van der Waals surface area (Å²) < 4.78 is 16.6. The molecule has 200 valence electrons. The van der Waals surface area contributed by atoms with Gasteiger partial charge in [-0.3, -0.25) is 14.4 Å². The average molecular weight is 506 g/mol. The van der Waals surface area contributed by atoms with Crippen LogP contribution in [0.15, 0.2) is 12.1 Å². The molecule has 1 aliphatic carbocycles. The zero-order chi connectivity index (χ0) is 26.2. The number of nitrogens with zero attached hydrogens (tertiary/aromatic N) is 1. The van der Waals surface area contributed by atoms with Gasteiger partial charge in [0.25, 0.3) is 0 Å². The molecule has 1 heterocycles. The lowest BCUT2D eigenvalue weighted by atomic mass is 9.75. The molecule has 10 nitrogen and oxygen atoms in total. The maximum Gasteiger partial charge on any atom is 0.243 e. The van der Waals surface area contributed by atoms with Crippen LogP contribution >= 0.6 is 0 Å². The molecule has 3 atom stereocenters. The maximum absolute atomic E-state index is 14.2. The Morgan fingerprint density at radius 1 is 1.00 bits per heavy atom. The van der Waals surface area contributed by atoms with Crippen LogP contribution in [0.2, 0.25) is 0 Å². The van der Waals surface area contributed by atoms with Crippen molar-refractivity contribution >= 4 is 17.7 Å². The number of hydrogen-bond donors (Lipinski definition) is 3. The van der Waals surface area contributed by atoms with Crippen molar-refractivity contribution < 1.29 is 33.7 Å². The second-order valence-corrected chi connectivity index (χ2v) is 9.52. The van der Waals surface area contributed by atoms with Gasteiger partial charge in [-0.25, -0.2) is 0 Å². The number of likely N-dealkylation sites (tertiary alicyclic amines) is 1. The number of amides is 3. The molecule has 1 saturated heterocycles. The van der Waals surface area contributed by atoms with Crippen LogP contribution in [0, 0.1) is 5.92 Å². The zero-order valence-corrected chi connectivity index (χ0v) is 21.5. The highest BCUT2D eigenvalue weighted by Crippen LogP contribution is 2.45. The van der Waals surface area contributed by atoms with Crippen molar-refractivity contribution in [3.8, 4) is 17.2 Å². The number of aliphatic hydroxyl groups excluding tert-OH is 1. The lowest BCUT2D eigenvalue weighted by Crippen LogP contribution is -2.57. The van der Waals surface area contributed by atoms with Crippen molar-refractivity contribution in [2.75, 3.05) is 34.5 Å². The molecule has 36 heavy (non-hydrogen) atoms. The molecule has 10 heteroatoms. The summed E-state index contributed by atoms with van der Waals surface area (Å²) in [6.07, 6.45) is 7.07. The summed E-state index contributed by atoms with van der Waals surface area (Å²) in [5, 5.41) is 12.0. The fourth-order valence-corrected chi connectivity index (χ4v) is 5.49. The highest BCUT2D eigenvalue weighted by Gasteiger charge is 2.40. The van der Waals surface area contributed by atoms with Gasteiger partial charge < -0.3 is 35.3 Å². The SMILES string of the molecule is COc1cc(C(C(=O)N2CCCC[C@H]2C(=O)NC(CO)C(N)=O)C2CCCCC2)cc(OC)c1OC. The van der Waals surface area contributed by atoms with Crippen molar-refractivity contribution in [3.05, 3.63) is 17.7 Å². The van der Waals surface area contributed by atoms with E-state index in [0.717, 1.165) is 50.5 Å². The normalized spacial score (nSPS) is 20.2. The van der Waals surface area contributed by atoms with Gasteiger partial charge in [0.1, 0.15) is 12.1 Å². The summed E-state index contributed by atoms with van der Waals surface area (Å²) in [5.41, 5.74) is 6.05. The number of piperidine rings is 1. The number of ether oxygens (including phenoxy) is 3. The first kappa shape index (κ1) is 27.6. The Bertz CT molecular complexity index is 907. The summed E-state index contributed by atoms with van der Waals surface area (Å²) in [6, 6.07) is 1.71. The zero-order valence-electron chi connectivity index (χ0n) is 21.5. The summed E-state index contributed by atoms with van der Waals surface area (Å²) in [5.74, 6) is -0.412. The summed E-state index contributed by atoms with van der Waals surface area (Å²) in [7, 11) is 4.62. The van der Waals surface area contributed by atoms with E-state index in [1.807, 2.05) is 12.1 Å². The molecule has 0 spiro atoms. The molecule has 2 fully saturated rings. The molecule has 1 saturated carbocycles. The Labute approximate surface area is 212 Å². The van der Waals surface area contributed by atoms with Gasteiger partial charge in [0, 0.05) is 6.54 Å². The van der Waals surface area contributed by atoms with E-state index in [9.17, 15) is 19.5 Å². The van der Waals surface area contributed by atoms with Crippen LogP contribution in [0.5, 0.6) is 17.2 Å². The third-order valence-electron chi connectivity index (χ3n) is 7.36. The van der Waals surface area contributed by atoms with Crippen molar-refractivity contribution in [1.29, 1.82) is 0 Å². The van der Waals surface area contributed by atoms with E-state index in [-0.39, 0.29) is 11.8 Å². The molecular formula is C26H39N3O7. The minimum atomic E-state index is -1.19. The van der Waals surface area contributed by atoms with E-state index in [0.29, 0.717) is 30.2 Å². The Morgan fingerprint density at radius 3 is 2.14 bits per heavy atom. The van der Waals surface area contributed by atoms with E-state index < -0.39 is 36.4 Å². The molecule has 1 aromatic rings. The van der Waals surface area contributed by atoms with Gasteiger partial charge in [0.2, 0.25) is 23.5 Å². The first-order chi connectivity index (χ1) is 17.4. The van der Waals surface area contributed by atoms with Gasteiger partial charge in [0.05, 0.1) is 33.9 Å². The van der Waals surface area contributed by atoms with Crippen LogP contribution in [-0.4, -0.2) is 74.3 Å². The summed E-state index contributed by atoms with van der Waals surface area (Å²) in [6.45, 7) is -0.164. The Hall–Kier alpha value is -3.01. The standard InChI is InChI=1S/C26H39N3O7/c1-34-20-13-17(14-21(35-2)23(20)36-3)22(16-9-5-4-6-10-16)26(33)29-12-8-7-11-19(29)25(32)28-18(15-30)24(27)31/h13-14,16,18-19,22,30H,4-12,15H2,1-3H3,(H2,27,31)(H,28,32)/t18?,19-,22?/m0/s1. The largest absolute Gasteiger partial charge is 0.493 e. The van der Waals surface area contributed by atoms with Crippen molar-refractivity contribution in [2.45, 2.75) is 69.4 Å². The second kappa shape index (κ2) is 12.8.